The molecule has 0 saturated carbocycles. The van der Waals surface area contributed by atoms with E-state index in [4.69, 9.17) is 18.9 Å². The summed E-state index contributed by atoms with van der Waals surface area (Å²) in [5, 5.41) is 10.7. The van der Waals surface area contributed by atoms with Crippen LogP contribution in [0.2, 0.25) is 0 Å². The number of aromatic nitrogens is 1. The van der Waals surface area contributed by atoms with Gasteiger partial charge in [0.2, 0.25) is 0 Å². The van der Waals surface area contributed by atoms with Crippen LogP contribution in [0.1, 0.15) is 11.1 Å². The molecule has 0 unspecified atom stereocenters. The first-order valence-electron chi connectivity index (χ1n) is 11.5. The van der Waals surface area contributed by atoms with E-state index in [1.807, 2.05) is 26.0 Å². The quantitative estimate of drug-likeness (QED) is 0.504. The maximum Gasteiger partial charge on any atom is 0.411 e. The number of nitrogens with zero attached hydrogens (tertiary/aromatic N) is 3. The zero-order valence-electron chi connectivity index (χ0n) is 20.5. The van der Waals surface area contributed by atoms with E-state index in [-0.39, 0.29) is 0 Å². The van der Waals surface area contributed by atoms with Crippen molar-refractivity contribution in [2.75, 3.05) is 58.5 Å². The van der Waals surface area contributed by atoms with Crippen molar-refractivity contribution in [2.45, 2.75) is 13.8 Å². The lowest BCUT2D eigenvalue weighted by Gasteiger charge is -2.30. The molecule has 0 radical (unpaired) electrons. The van der Waals surface area contributed by atoms with Crippen molar-refractivity contribution in [2.24, 2.45) is 0 Å². The molecule has 1 saturated heterocycles. The van der Waals surface area contributed by atoms with Crippen molar-refractivity contribution >= 4 is 22.7 Å². The summed E-state index contributed by atoms with van der Waals surface area (Å²) in [5.41, 5.74) is 3.09. The summed E-state index contributed by atoms with van der Waals surface area (Å²) < 4.78 is 22.5. The zero-order chi connectivity index (χ0) is 24.9. The van der Waals surface area contributed by atoms with Crippen LogP contribution in [0.3, 0.4) is 0 Å². The van der Waals surface area contributed by atoms with Gasteiger partial charge in [-0.25, -0.2) is 4.79 Å². The number of rotatable bonds is 8. The van der Waals surface area contributed by atoms with Crippen molar-refractivity contribution in [1.82, 2.24) is 9.88 Å². The topological polar surface area (TPSA) is 93.6 Å². The largest absolute Gasteiger partial charge is 0.493 e. The number of ether oxygens (including phenoxy) is 4. The maximum absolute atomic E-state index is 12.1. The summed E-state index contributed by atoms with van der Waals surface area (Å²) in [6, 6.07) is 9.06. The number of carbonyl (C=O) groups is 1. The van der Waals surface area contributed by atoms with Gasteiger partial charge in [0.15, 0.2) is 11.5 Å². The van der Waals surface area contributed by atoms with Gasteiger partial charge >= 0.3 is 6.09 Å². The highest BCUT2D eigenvalue weighted by atomic mass is 16.5. The number of amides is 1. The summed E-state index contributed by atoms with van der Waals surface area (Å²) >= 11 is 0. The molecule has 4 rings (SSSR count). The van der Waals surface area contributed by atoms with E-state index in [2.05, 4.69) is 9.88 Å². The molecule has 186 valence electrons. The van der Waals surface area contributed by atoms with Crippen LogP contribution in [0.15, 0.2) is 36.5 Å². The maximum atomic E-state index is 12.1. The molecule has 0 aliphatic carbocycles. The van der Waals surface area contributed by atoms with Crippen LogP contribution in [-0.2, 0) is 4.74 Å². The van der Waals surface area contributed by atoms with Crippen molar-refractivity contribution in [3.8, 4) is 23.0 Å². The minimum Gasteiger partial charge on any atom is -0.493 e. The molecule has 1 N–H and O–H groups in total. The number of morpholine rings is 1. The second-order valence-electron chi connectivity index (χ2n) is 8.36. The normalized spacial score (nSPS) is 14.1. The van der Waals surface area contributed by atoms with Crippen molar-refractivity contribution in [3.63, 3.8) is 0 Å². The number of fused-ring (bicyclic) bond motifs is 1. The van der Waals surface area contributed by atoms with E-state index in [0.29, 0.717) is 60.5 Å². The second-order valence-corrected chi connectivity index (χ2v) is 8.36. The predicted molar refractivity (Wildman–Crippen MR) is 133 cm³/mol. The smallest absolute Gasteiger partial charge is 0.411 e. The van der Waals surface area contributed by atoms with E-state index in [1.54, 1.807) is 38.6 Å². The molecule has 0 atom stereocenters. The number of carboxylic acid groups (broad SMARTS) is 1. The summed E-state index contributed by atoms with van der Waals surface area (Å²) in [7, 11) is 3.17. The molecule has 0 bridgehead atoms. The van der Waals surface area contributed by atoms with Gasteiger partial charge < -0.3 is 24.1 Å². The van der Waals surface area contributed by atoms with Gasteiger partial charge in [-0.3, -0.25) is 14.8 Å². The van der Waals surface area contributed by atoms with Crippen LogP contribution in [0.5, 0.6) is 23.0 Å². The molecule has 2 aromatic carbocycles. The predicted octanol–water partition coefficient (Wildman–Crippen LogP) is 4.48. The molecule has 3 aromatic rings. The molecule has 9 nitrogen and oxygen atoms in total. The SMILES string of the molecule is COc1cc2nccc(Oc3ccc(N(CCN4CCOCC4)C(=O)O)c(C)c3C)c2cc1OC. The van der Waals surface area contributed by atoms with Crippen LogP contribution >= 0.6 is 0 Å². The third-order valence-electron chi connectivity index (χ3n) is 6.40. The number of pyridine rings is 1. The van der Waals surface area contributed by atoms with Gasteiger partial charge in [0.25, 0.3) is 0 Å². The van der Waals surface area contributed by atoms with Gasteiger partial charge in [0, 0.05) is 43.8 Å². The number of benzene rings is 2. The third-order valence-corrected chi connectivity index (χ3v) is 6.40. The lowest BCUT2D eigenvalue weighted by atomic mass is 10.1. The van der Waals surface area contributed by atoms with Crippen LogP contribution in [0, 0.1) is 13.8 Å². The summed E-state index contributed by atoms with van der Waals surface area (Å²) in [5.74, 6) is 2.44. The standard InChI is InChI=1S/C26H31N3O6/c1-17-18(2)22(6-5-21(17)29(26(30)31)10-9-28-11-13-34-14-12-28)35-23-7-8-27-20-16-25(33-4)24(32-3)15-19(20)23/h5-8,15-16H,9-14H2,1-4H3,(H,30,31). The molecule has 1 fully saturated rings. The Morgan fingerprint density at radius 2 is 1.74 bits per heavy atom. The average Bonchev–Trinajstić information content (AvgIpc) is 2.87. The number of methoxy groups -OCH3 is 2. The monoisotopic (exact) mass is 481 g/mol. The van der Waals surface area contributed by atoms with Crippen LogP contribution in [0.4, 0.5) is 10.5 Å². The van der Waals surface area contributed by atoms with E-state index < -0.39 is 6.09 Å². The molecule has 2 heterocycles. The molecule has 1 aliphatic heterocycles. The molecule has 1 aromatic heterocycles. The minimum atomic E-state index is -0.976. The number of hydrogen-bond donors (Lipinski definition) is 1. The lowest BCUT2D eigenvalue weighted by Crippen LogP contribution is -2.43. The zero-order valence-corrected chi connectivity index (χ0v) is 20.5. The Kier molecular flexibility index (Phi) is 7.57. The third kappa shape index (κ3) is 5.26. The first-order chi connectivity index (χ1) is 16.9. The Morgan fingerprint density at radius 1 is 1.03 bits per heavy atom. The average molecular weight is 482 g/mol. The highest BCUT2D eigenvalue weighted by molar-refractivity contribution is 5.89. The van der Waals surface area contributed by atoms with Crippen molar-refractivity contribution < 1.29 is 28.8 Å². The fourth-order valence-electron chi connectivity index (χ4n) is 4.22. The number of anilines is 1. The van der Waals surface area contributed by atoms with E-state index in [1.165, 1.54) is 4.90 Å². The molecule has 9 heteroatoms. The Labute approximate surface area is 204 Å². The lowest BCUT2D eigenvalue weighted by molar-refractivity contribution is 0.0392. The first-order valence-corrected chi connectivity index (χ1v) is 11.5. The van der Waals surface area contributed by atoms with Gasteiger partial charge in [0.1, 0.15) is 11.5 Å². The summed E-state index contributed by atoms with van der Waals surface area (Å²) in [4.78, 5) is 20.1. The Hall–Kier alpha value is -3.56. The molecular formula is C26H31N3O6. The van der Waals surface area contributed by atoms with Gasteiger partial charge in [0.05, 0.1) is 38.6 Å². The van der Waals surface area contributed by atoms with Crippen molar-refractivity contribution in [3.05, 3.63) is 47.7 Å². The molecule has 1 amide bonds. The summed E-state index contributed by atoms with van der Waals surface area (Å²) in [6.07, 6.45) is 0.702. The Bertz CT molecular complexity index is 1210. The van der Waals surface area contributed by atoms with Crippen LogP contribution < -0.4 is 19.1 Å². The molecule has 1 aliphatic rings. The fraction of sp³-hybridized carbons (Fsp3) is 0.385. The Balaban J connectivity index is 1.61. The van der Waals surface area contributed by atoms with E-state index in [0.717, 1.165) is 29.6 Å². The summed E-state index contributed by atoms with van der Waals surface area (Å²) in [6.45, 7) is 7.87. The highest BCUT2D eigenvalue weighted by Gasteiger charge is 2.21. The highest BCUT2D eigenvalue weighted by Crippen LogP contribution is 2.39. The van der Waals surface area contributed by atoms with Gasteiger partial charge in [-0.1, -0.05) is 0 Å². The first kappa shape index (κ1) is 24.6. The minimum absolute atomic E-state index is 0.381. The van der Waals surface area contributed by atoms with E-state index >= 15 is 0 Å². The van der Waals surface area contributed by atoms with Gasteiger partial charge in [-0.2, -0.15) is 0 Å². The fourth-order valence-corrected chi connectivity index (χ4v) is 4.22. The molecule has 0 spiro atoms. The Morgan fingerprint density at radius 3 is 2.43 bits per heavy atom. The van der Waals surface area contributed by atoms with Gasteiger partial charge in [-0.05, 0) is 49.2 Å². The van der Waals surface area contributed by atoms with Crippen molar-refractivity contribution in [1.29, 1.82) is 0 Å². The number of hydrogen-bond acceptors (Lipinski definition) is 7. The van der Waals surface area contributed by atoms with Crippen LogP contribution in [-0.4, -0.2) is 74.7 Å². The molecule has 35 heavy (non-hydrogen) atoms. The molecular weight excluding hydrogens is 450 g/mol. The van der Waals surface area contributed by atoms with Gasteiger partial charge in [-0.15, -0.1) is 0 Å². The van der Waals surface area contributed by atoms with Crippen LogP contribution in [0.25, 0.3) is 10.9 Å². The second kappa shape index (κ2) is 10.8. The van der Waals surface area contributed by atoms with E-state index in [9.17, 15) is 9.90 Å².